The topological polar surface area (TPSA) is 66.5 Å². The second-order valence-electron chi connectivity index (χ2n) is 9.08. The normalized spacial score (nSPS) is 39.9. The van der Waals surface area contributed by atoms with Crippen molar-refractivity contribution in [1.29, 1.82) is 0 Å². The summed E-state index contributed by atoms with van der Waals surface area (Å²) in [5, 5.41) is 0. The molecule has 7 nitrogen and oxygen atoms in total. The molecule has 0 N–H and O–H groups in total. The Hall–Kier alpha value is -1.22. The SMILES string of the molecule is CO[C@@]1(C)O[C@@H]2[C@@H](/C=C/F)C3(CC3)N(C(=O)OC(C)(C)C)C[C@H]2O[C@]1(C)OC. The molecule has 0 aromatic rings. The molecule has 2 heterocycles. The number of halogens is 1. The predicted octanol–water partition coefficient (Wildman–Crippen LogP) is 3.38. The summed E-state index contributed by atoms with van der Waals surface area (Å²) in [6.07, 6.45) is 2.03. The summed E-state index contributed by atoms with van der Waals surface area (Å²) < 4.78 is 42.7. The second-order valence-corrected chi connectivity index (χ2v) is 9.08. The highest BCUT2D eigenvalue weighted by Crippen LogP contribution is 2.56. The summed E-state index contributed by atoms with van der Waals surface area (Å²) in [7, 11) is 3.03. The lowest BCUT2D eigenvalue weighted by molar-refractivity contribution is -0.456. The maximum Gasteiger partial charge on any atom is 0.410 e. The molecular formula is C20H32FNO6. The molecule has 0 unspecified atom stereocenters. The molecule has 1 amide bonds. The van der Waals surface area contributed by atoms with Gasteiger partial charge in [-0.05, 0) is 53.5 Å². The van der Waals surface area contributed by atoms with Crippen molar-refractivity contribution in [3.63, 3.8) is 0 Å². The Bertz CT molecular complexity index is 645. The Morgan fingerprint density at radius 1 is 1.14 bits per heavy atom. The van der Waals surface area contributed by atoms with Crippen molar-refractivity contribution in [3.8, 4) is 0 Å². The van der Waals surface area contributed by atoms with Crippen molar-refractivity contribution < 1.29 is 32.9 Å². The van der Waals surface area contributed by atoms with Gasteiger partial charge in [0.05, 0.1) is 24.5 Å². The van der Waals surface area contributed by atoms with E-state index < -0.39 is 41.0 Å². The Labute approximate surface area is 166 Å². The molecule has 3 aliphatic rings. The van der Waals surface area contributed by atoms with Crippen molar-refractivity contribution in [3.05, 3.63) is 12.4 Å². The lowest BCUT2D eigenvalue weighted by Crippen LogP contribution is -2.72. The highest BCUT2D eigenvalue weighted by molar-refractivity contribution is 5.70. The molecule has 1 spiro atoms. The number of hydrogen-bond acceptors (Lipinski definition) is 6. The zero-order chi connectivity index (χ0) is 21.0. The van der Waals surface area contributed by atoms with Gasteiger partial charge in [-0.1, -0.05) is 0 Å². The van der Waals surface area contributed by atoms with E-state index in [-0.39, 0.29) is 12.5 Å². The molecule has 28 heavy (non-hydrogen) atoms. The third-order valence-electron chi connectivity index (χ3n) is 6.24. The first kappa shape index (κ1) is 21.5. The fraction of sp³-hybridized carbons (Fsp3) is 0.850. The summed E-state index contributed by atoms with van der Waals surface area (Å²) in [4.78, 5) is 14.6. The van der Waals surface area contributed by atoms with Crippen LogP contribution in [0, 0.1) is 5.92 Å². The van der Waals surface area contributed by atoms with Crippen LogP contribution in [0.1, 0.15) is 47.5 Å². The van der Waals surface area contributed by atoms with Gasteiger partial charge in [0, 0.05) is 20.1 Å². The Kier molecular flexibility index (Phi) is 5.32. The lowest BCUT2D eigenvalue weighted by Gasteiger charge is -2.58. The van der Waals surface area contributed by atoms with E-state index in [0.29, 0.717) is 6.33 Å². The maximum absolute atomic E-state index is 13.3. The van der Waals surface area contributed by atoms with Crippen molar-refractivity contribution in [2.24, 2.45) is 5.92 Å². The predicted molar refractivity (Wildman–Crippen MR) is 99.2 cm³/mol. The summed E-state index contributed by atoms with van der Waals surface area (Å²) >= 11 is 0. The largest absolute Gasteiger partial charge is 0.444 e. The number of hydrogen-bond donors (Lipinski definition) is 0. The number of amides is 1. The summed E-state index contributed by atoms with van der Waals surface area (Å²) in [6.45, 7) is 9.21. The van der Waals surface area contributed by atoms with Crippen LogP contribution in [-0.4, -0.2) is 66.7 Å². The number of ether oxygens (including phenoxy) is 5. The van der Waals surface area contributed by atoms with Crippen LogP contribution in [0.2, 0.25) is 0 Å². The van der Waals surface area contributed by atoms with E-state index in [1.165, 1.54) is 20.3 Å². The second kappa shape index (κ2) is 6.93. The van der Waals surface area contributed by atoms with E-state index in [1.807, 2.05) is 20.8 Å². The molecule has 5 atom stereocenters. The molecular weight excluding hydrogens is 369 g/mol. The van der Waals surface area contributed by atoms with Gasteiger partial charge in [-0.25, -0.2) is 9.18 Å². The molecule has 2 aliphatic heterocycles. The minimum absolute atomic E-state index is 0.273. The van der Waals surface area contributed by atoms with Crippen molar-refractivity contribution in [1.82, 2.24) is 4.90 Å². The smallest absolute Gasteiger partial charge is 0.410 e. The molecule has 1 saturated carbocycles. The number of carbonyl (C=O) groups is 1. The van der Waals surface area contributed by atoms with Crippen LogP contribution < -0.4 is 0 Å². The number of methoxy groups -OCH3 is 2. The number of carbonyl (C=O) groups excluding carboxylic acids is 1. The average molecular weight is 401 g/mol. The van der Waals surface area contributed by atoms with E-state index in [9.17, 15) is 9.18 Å². The first-order valence-corrected chi connectivity index (χ1v) is 9.69. The lowest BCUT2D eigenvalue weighted by atomic mass is 9.81. The molecule has 0 aromatic carbocycles. The third kappa shape index (κ3) is 3.34. The summed E-state index contributed by atoms with van der Waals surface area (Å²) in [6, 6.07) is 0. The standard InChI is InChI=1S/C20H32FNO6/c1-17(2,3)28-16(23)22-12-14-15(13(8-11-21)20(22)9-10-20)27-19(5,25-7)18(4,24-6)26-14/h8,11,13-15H,9-10,12H2,1-7H3/b11-8+/t13-,14-,15-,18+,19+/m1/s1. The van der Waals surface area contributed by atoms with Gasteiger partial charge in [0.15, 0.2) is 0 Å². The number of piperidine rings is 1. The minimum atomic E-state index is -1.19. The molecule has 0 bridgehead atoms. The van der Waals surface area contributed by atoms with Crippen molar-refractivity contribution in [2.75, 3.05) is 20.8 Å². The Morgan fingerprint density at radius 3 is 2.18 bits per heavy atom. The summed E-state index contributed by atoms with van der Waals surface area (Å²) in [5.41, 5.74) is -1.17. The van der Waals surface area contributed by atoms with Crippen LogP contribution in [0.5, 0.6) is 0 Å². The van der Waals surface area contributed by atoms with Gasteiger partial charge in [-0.2, -0.15) is 0 Å². The molecule has 8 heteroatoms. The quantitative estimate of drug-likeness (QED) is 0.722. The van der Waals surface area contributed by atoms with E-state index in [0.717, 1.165) is 12.8 Å². The fourth-order valence-corrected chi connectivity index (χ4v) is 4.34. The van der Waals surface area contributed by atoms with Gasteiger partial charge >= 0.3 is 6.09 Å². The van der Waals surface area contributed by atoms with E-state index >= 15 is 0 Å². The van der Waals surface area contributed by atoms with Gasteiger partial charge in [0.2, 0.25) is 11.6 Å². The molecule has 1 aliphatic carbocycles. The van der Waals surface area contributed by atoms with Crippen LogP contribution in [0.4, 0.5) is 9.18 Å². The highest BCUT2D eigenvalue weighted by atomic mass is 19.1. The van der Waals surface area contributed by atoms with E-state index in [1.54, 1.807) is 18.7 Å². The van der Waals surface area contributed by atoms with Crippen LogP contribution in [0.25, 0.3) is 0 Å². The first-order chi connectivity index (χ1) is 13.0. The number of likely N-dealkylation sites (tertiary alicyclic amines) is 1. The molecule has 2 saturated heterocycles. The molecule has 3 fully saturated rings. The van der Waals surface area contributed by atoms with Crippen molar-refractivity contribution in [2.45, 2.75) is 82.4 Å². The minimum Gasteiger partial charge on any atom is -0.444 e. The molecule has 0 aromatic heterocycles. The van der Waals surface area contributed by atoms with Gasteiger partial charge in [0.25, 0.3) is 0 Å². The van der Waals surface area contributed by atoms with Gasteiger partial charge < -0.3 is 23.7 Å². The van der Waals surface area contributed by atoms with Crippen LogP contribution >= 0.6 is 0 Å². The summed E-state index contributed by atoms with van der Waals surface area (Å²) in [5.74, 6) is -2.77. The van der Waals surface area contributed by atoms with Gasteiger partial charge in [-0.3, -0.25) is 4.90 Å². The number of rotatable bonds is 3. The molecule has 3 rings (SSSR count). The van der Waals surface area contributed by atoms with Gasteiger partial charge in [0.1, 0.15) is 11.7 Å². The number of fused-ring (bicyclic) bond motifs is 1. The Morgan fingerprint density at radius 2 is 1.71 bits per heavy atom. The Balaban J connectivity index is 1.96. The monoisotopic (exact) mass is 401 g/mol. The van der Waals surface area contributed by atoms with Crippen LogP contribution in [0.15, 0.2) is 12.4 Å². The van der Waals surface area contributed by atoms with E-state index in [2.05, 4.69) is 0 Å². The molecule has 0 radical (unpaired) electrons. The van der Waals surface area contributed by atoms with Crippen LogP contribution in [0.3, 0.4) is 0 Å². The van der Waals surface area contributed by atoms with Crippen LogP contribution in [-0.2, 0) is 23.7 Å². The maximum atomic E-state index is 13.3. The third-order valence-corrected chi connectivity index (χ3v) is 6.24. The molecule has 160 valence electrons. The zero-order valence-corrected chi connectivity index (χ0v) is 17.8. The first-order valence-electron chi connectivity index (χ1n) is 9.69. The highest BCUT2D eigenvalue weighted by Gasteiger charge is 2.68. The van der Waals surface area contributed by atoms with E-state index in [4.69, 9.17) is 23.7 Å². The van der Waals surface area contributed by atoms with Crippen molar-refractivity contribution >= 4 is 6.09 Å². The van der Waals surface area contributed by atoms with Gasteiger partial charge in [-0.15, -0.1) is 0 Å². The zero-order valence-electron chi connectivity index (χ0n) is 17.8. The fourth-order valence-electron chi connectivity index (χ4n) is 4.34. The average Bonchev–Trinajstić information content (AvgIpc) is 3.39. The number of nitrogens with zero attached hydrogens (tertiary/aromatic N) is 1.